The van der Waals surface area contributed by atoms with Crippen molar-refractivity contribution < 1.29 is 15.0 Å². The Morgan fingerprint density at radius 3 is 2.95 bits per heavy atom. The highest BCUT2D eigenvalue weighted by atomic mass is 16.4. The van der Waals surface area contributed by atoms with Crippen molar-refractivity contribution in [1.82, 2.24) is 9.55 Å². The molecule has 0 fully saturated rings. The number of hydrogen-bond donors (Lipinski definition) is 2. The fourth-order valence-electron chi connectivity index (χ4n) is 2.08. The monoisotopic (exact) mass is 262 g/mol. The molecule has 1 atom stereocenters. The highest BCUT2D eigenvalue weighted by Crippen LogP contribution is 2.16. The summed E-state index contributed by atoms with van der Waals surface area (Å²) < 4.78 is 2.02. The number of fused-ring (bicyclic) bond motifs is 1. The quantitative estimate of drug-likeness (QED) is 0.836. The van der Waals surface area contributed by atoms with Gasteiger partial charge in [-0.05, 0) is 37.0 Å². The molecule has 0 saturated heterocycles. The average molecular weight is 262 g/mol. The number of carboxylic acid groups (broad SMARTS) is 1. The molecule has 2 N–H and O–H groups in total. The Bertz CT molecular complexity index is 577. The van der Waals surface area contributed by atoms with Crippen molar-refractivity contribution in [2.24, 2.45) is 5.92 Å². The van der Waals surface area contributed by atoms with Crippen LogP contribution in [0.4, 0.5) is 0 Å². The molecule has 0 saturated carbocycles. The summed E-state index contributed by atoms with van der Waals surface area (Å²) in [7, 11) is 0. The smallest absolute Gasteiger partial charge is 0.335 e. The van der Waals surface area contributed by atoms with Gasteiger partial charge in [0.1, 0.15) is 0 Å². The summed E-state index contributed by atoms with van der Waals surface area (Å²) in [6, 6.07) is 4.98. The molecule has 5 heteroatoms. The summed E-state index contributed by atoms with van der Waals surface area (Å²) in [5.41, 5.74) is 1.91. The fraction of sp³-hybridized carbons (Fsp3) is 0.429. The second-order valence-electron chi connectivity index (χ2n) is 4.88. The van der Waals surface area contributed by atoms with E-state index in [0.717, 1.165) is 24.9 Å². The van der Waals surface area contributed by atoms with Gasteiger partial charge in [-0.2, -0.15) is 0 Å². The molecule has 1 aromatic carbocycles. The standard InChI is InChI=1S/C14H18N2O3/c1-10(8-17)3-2-6-16-9-15-12-7-11(14(18)19)4-5-13(12)16/h4-5,7,9-10,17H,2-3,6,8H2,1H3,(H,18,19). The molecule has 19 heavy (non-hydrogen) atoms. The fourth-order valence-corrected chi connectivity index (χ4v) is 2.08. The predicted octanol–water partition coefficient (Wildman–Crippen LogP) is 2.14. The molecule has 0 radical (unpaired) electrons. The number of carboxylic acids is 1. The van der Waals surface area contributed by atoms with Crippen LogP contribution in [-0.2, 0) is 6.54 Å². The molecule has 2 aromatic rings. The summed E-state index contributed by atoms with van der Waals surface area (Å²) in [6.45, 7) is 3.06. The number of carbonyl (C=O) groups is 1. The first-order chi connectivity index (χ1) is 9.11. The highest BCUT2D eigenvalue weighted by molar-refractivity contribution is 5.92. The first kappa shape index (κ1) is 13.5. The van der Waals surface area contributed by atoms with E-state index in [1.54, 1.807) is 24.5 Å². The predicted molar refractivity (Wildman–Crippen MR) is 72.2 cm³/mol. The maximum absolute atomic E-state index is 10.9. The Morgan fingerprint density at radius 2 is 2.26 bits per heavy atom. The minimum absolute atomic E-state index is 0.215. The Labute approximate surface area is 111 Å². The highest BCUT2D eigenvalue weighted by Gasteiger charge is 2.08. The summed E-state index contributed by atoms with van der Waals surface area (Å²) in [5, 5.41) is 17.9. The van der Waals surface area contributed by atoms with E-state index in [2.05, 4.69) is 4.98 Å². The van der Waals surface area contributed by atoms with E-state index in [-0.39, 0.29) is 12.2 Å². The molecule has 1 aromatic heterocycles. The Morgan fingerprint density at radius 1 is 1.47 bits per heavy atom. The van der Waals surface area contributed by atoms with Crippen LogP contribution >= 0.6 is 0 Å². The van der Waals surface area contributed by atoms with Gasteiger partial charge in [-0.15, -0.1) is 0 Å². The third-order valence-electron chi connectivity index (χ3n) is 3.28. The van der Waals surface area contributed by atoms with E-state index >= 15 is 0 Å². The van der Waals surface area contributed by atoms with Gasteiger partial charge in [-0.3, -0.25) is 0 Å². The van der Waals surface area contributed by atoms with Crippen molar-refractivity contribution in [3.8, 4) is 0 Å². The van der Waals surface area contributed by atoms with Gasteiger partial charge in [0.2, 0.25) is 0 Å². The zero-order valence-electron chi connectivity index (χ0n) is 10.9. The topological polar surface area (TPSA) is 75.3 Å². The van der Waals surface area contributed by atoms with Gasteiger partial charge in [0.25, 0.3) is 0 Å². The molecular weight excluding hydrogens is 244 g/mol. The molecule has 5 nitrogen and oxygen atoms in total. The van der Waals surface area contributed by atoms with Gasteiger partial charge in [0, 0.05) is 13.2 Å². The number of aliphatic hydroxyl groups is 1. The van der Waals surface area contributed by atoms with E-state index < -0.39 is 5.97 Å². The summed E-state index contributed by atoms with van der Waals surface area (Å²) in [4.78, 5) is 15.1. The van der Waals surface area contributed by atoms with Gasteiger partial charge in [0.05, 0.1) is 22.9 Å². The van der Waals surface area contributed by atoms with Crippen molar-refractivity contribution >= 4 is 17.0 Å². The second kappa shape index (κ2) is 5.84. The normalized spacial score (nSPS) is 12.7. The third-order valence-corrected chi connectivity index (χ3v) is 3.28. The molecule has 102 valence electrons. The number of imidazole rings is 1. The zero-order chi connectivity index (χ0) is 13.8. The Hall–Kier alpha value is -1.88. The number of hydrogen-bond acceptors (Lipinski definition) is 3. The van der Waals surface area contributed by atoms with E-state index in [0.29, 0.717) is 11.4 Å². The number of benzene rings is 1. The van der Waals surface area contributed by atoms with Crippen molar-refractivity contribution in [1.29, 1.82) is 0 Å². The molecule has 0 amide bonds. The van der Waals surface area contributed by atoms with Crippen molar-refractivity contribution in [3.05, 3.63) is 30.1 Å². The molecule has 0 bridgehead atoms. The molecule has 1 heterocycles. The van der Waals surface area contributed by atoms with Crippen LogP contribution in [0.1, 0.15) is 30.1 Å². The Kier molecular flexibility index (Phi) is 4.16. The molecule has 2 rings (SSSR count). The molecule has 0 spiro atoms. The maximum atomic E-state index is 10.9. The largest absolute Gasteiger partial charge is 0.478 e. The number of aryl methyl sites for hydroxylation is 1. The number of aromatic carboxylic acids is 1. The lowest BCUT2D eigenvalue weighted by molar-refractivity contribution is 0.0697. The lowest BCUT2D eigenvalue weighted by Crippen LogP contribution is -2.03. The van der Waals surface area contributed by atoms with Crippen molar-refractivity contribution in [3.63, 3.8) is 0 Å². The van der Waals surface area contributed by atoms with E-state index in [4.69, 9.17) is 10.2 Å². The van der Waals surface area contributed by atoms with Crippen LogP contribution in [0.15, 0.2) is 24.5 Å². The van der Waals surface area contributed by atoms with Gasteiger partial charge < -0.3 is 14.8 Å². The van der Waals surface area contributed by atoms with Gasteiger partial charge in [-0.25, -0.2) is 9.78 Å². The average Bonchev–Trinajstić information content (AvgIpc) is 2.81. The maximum Gasteiger partial charge on any atom is 0.335 e. The molecular formula is C14H18N2O3. The van der Waals surface area contributed by atoms with Crippen LogP contribution in [0.2, 0.25) is 0 Å². The molecule has 0 aliphatic heterocycles. The lowest BCUT2D eigenvalue weighted by atomic mass is 10.1. The van der Waals surface area contributed by atoms with Gasteiger partial charge in [-0.1, -0.05) is 6.92 Å². The second-order valence-corrected chi connectivity index (χ2v) is 4.88. The van der Waals surface area contributed by atoms with Crippen LogP contribution in [0.25, 0.3) is 11.0 Å². The van der Waals surface area contributed by atoms with Crippen molar-refractivity contribution in [2.45, 2.75) is 26.3 Å². The first-order valence-corrected chi connectivity index (χ1v) is 6.41. The zero-order valence-corrected chi connectivity index (χ0v) is 10.9. The Balaban J connectivity index is 2.10. The minimum Gasteiger partial charge on any atom is -0.478 e. The van der Waals surface area contributed by atoms with Crippen LogP contribution in [0.5, 0.6) is 0 Å². The number of rotatable bonds is 6. The molecule has 0 aliphatic carbocycles. The SMILES string of the molecule is CC(CO)CCCn1cnc2cc(C(=O)O)ccc21. The van der Waals surface area contributed by atoms with E-state index in [1.807, 2.05) is 11.5 Å². The molecule has 1 unspecified atom stereocenters. The first-order valence-electron chi connectivity index (χ1n) is 6.41. The third kappa shape index (κ3) is 3.12. The van der Waals surface area contributed by atoms with E-state index in [1.165, 1.54) is 0 Å². The number of aliphatic hydroxyl groups excluding tert-OH is 1. The summed E-state index contributed by atoms with van der Waals surface area (Å²) >= 11 is 0. The van der Waals surface area contributed by atoms with Crippen LogP contribution in [0.3, 0.4) is 0 Å². The van der Waals surface area contributed by atoms with Crippen LogP contribution in [0, 0.1) is 5.92 Å². The van der Waals surface area contributed by atoms with Gasteiger partial charge in [0.15, 0.2) is 0 Å². The van der Waals surface area contributed by atoms with E-state index in [9.17, 15) is 4.79 Å². The summed E-state index contributed by atoms with van der Waals surface area (Å²) in [5.74, 6) is -0.624. The minimum atomic E-state index is -0.937. The van der Waals surface area contributed by atoms with Gasteiger partial charge >= 0.3 is 5.97 Å². The van der Waals surface area contributed by atoms with Crippen molar-refractivity contribution in [2.75, 3.05) is 6.61 Å². The lowest BCUT2D eigenvalue weighted by Gasteiger charge is -2.08. The van der Waals surface area contributed by atoms with Crippen LogP contribution in [-0.4, -0.2) is 32.3 Å². The van der Waals surface area contributed by atoms with Crippen LogP contribution < -0.4 is 0 Å². The molecule has 0 aliphatic rings. The number of nitrogens with zero attached hydrogens (tertiary/aromatic N) is 2. The number of aromatic nitrogens is 2. The summed E-state index contributed by atoms with van der Waals surface area (Å²) in [6.07, 6.45) is 3.66.